The van der Waals surface area contributed by atoms with Crippen molar-refractivity contribution in [1.29, 1.82) is 0 Å². The number of hydrogen-bond acceptors (Lipinski definition) is 4. The first kappa shape index (κ1) is 16.3. The first-order chi connectivity index (χ1) is 10.5. The lowest BCUT2D eigenvalue weighted by molar-refractivity contribution is 0.104. The second kappa shape index (κ2) is 7.24. The number of allylic oxidation sites excluding steroid dienone is 3. The van der Waals surface area contributed by atoms with Gasteiger partial charge in [0.25, 0.3) is 0 Å². The molecule has 1 aromatic carbocycles. The van der Waals surface area contributed by atoms with Crippen molar-refractivity contribution in [3.63, 3.8) is 0 Å². The van der Waals surface area contributed by atoms with E-state index in [1.54, 1.807) is 19.1 Å². The highest BCUT2D eigenvalue weighted by Gasteiger charge is 2.14. The quantitative estimate of drug-likeness (QED) is 0.391. The summed E-state index contributed by atoms with van der Waals surface area (Å²) in [6, 6.07) is 9.96. The lowest BCUT2D eigenvalue weighted by Gasteiger charge is -1.95. The smallest absolute Gasteiger partial charge is 0.197 e. The summed E-state index contributed by atoms with van der Waals surface area (Å²) in [5.74, 6) is -0.0849. The number of aryl methyl sites for hydroxylation is 1. The Hall–Kier alpha value is -2.11. The van der Waals surface area contributed by atoms with Crippen LogP contribution in [-0.4, -0.2) is 15.8 Å². The Morgan fingerprint density at radius 2 is 1.95 bits per heavy atom. The van der Waals surface area contributed by atoms with Gasteiger partial charge in [-0.25, -0.2) is 4.98 Å². The number of carbonyl (C=O) groups is 1. The fraction of sp³-hybridized carbons (Fsp3) is 0.118. The highest BCUT2D eigenvalue weighted by Crippen LogP contribution is 2.19. The summed E-state index contributed by atoms with van der Waals surface area (Å²) in [5, 5.41) is 0.529. The van der Waals surface area contributed by atoms with E-state index in [9.17, 15) is 4.79 Å². The molecule has 112 valence electrons. The number of ketones is 1. The third-order valence-electron chi connectivity index (χ3n) is 2.92. The van der Waals surface area contributed by atoms with E-state index in [0.29, 0.717) is 15.6 Å². The fourth-order valence-corrected chi connectivity index (χ4v) is 2.88. The molecule has 0 radical (unpaired) electrons. The number of nitrogens with zero attached hydrogens (tertiary/aromatic N) is 1. The summed E-state index contributed by atoms with van der Waals surface area (Å²) in [7, 11) is 0. The minimum Gasteiger partial charge on any atom is -0.387 e. The van der Waals surface area contributed by atoms with Crippen LogP contribution in [0.5, 0.6) is 0 Å². The minimum atomic E-state index is -0.0849. The van der Waals surface area contributed by atoms with E-state index in [1.165, 1.54) is 11.3 Å². The Morgan fingerprint density at radius 3 is 2.55 bits per heavy atom. The van der Waals surface area contributed by atoms with Crippen molar-refractivity contribution in [2.45, 2.75) is 13.8 Å². The van der Waals surface area contributed by atoms with E-state index >= 15 is 0 Å². The molecule has 0 saturated carbocycles. The zero-order chi connectivity index (χ0) is 16.1. The highest BCUT2D eigenvalue weighted by atomic mass is 32.1. The summed E-state index contributed by atoms with van der Waals surface area (Å²) in [6.45, 7) is 3.74. The van der Waals surface area contributed by atoms with Crippen LogP contribution in [0.25, 0.3) is 6.08 Å². The third-order valence-corrected chi connectivity index (χ3v) is 4.45. The second-order valence-electron chi connectivity index (χ2n) is 4.79. The maximum absolute atomic E-state index is 12.2. The average Bonchev–Trinajstić information content (AvgIpc) is 2.88. The molecule has 0 bridgehead atoms. The third kappa shape index (κ3) is 4.19. The van der Waals surface area contributed by atoms with E-state index < -0.39 is 0 Å². The molecule has 0 aliphatic heterocycles. The van der Waals surface area contributed by atoms with Gasteiger partial charge in [-0.3, -0.25) is 4.79 Å². The second-order valence-corrected chi connectivity index (χ2v) is 6.23. The number of hydrogen-bond donors (Lipinski definition) is 1. The van der Waals surface area contributed by atoms with Crippen molar-refractivity contribution in [2.24, 2.45) is 5.73 Å². The first-order valence-electron chi connectivity index (χ1n) is 6.70. The van der Waals surface area contributed by atoms with Gasteiger partial charge in [-0.1, -0.05) is 60.3 Å². The predicted octanol–water partition coefficient (Wildman–Crippen LogP) is 3.93. The predicted molar refractivity (Wildman–Crippen MR) is 96.3 cm³/mol. The molecular formula is C17H16N2OS2. The molecule has 2 aromatic rings. The van der Waals surface area contributed by atoms with Gasteiger partial charge in [-0.15, -0.1) is 11.3 Å². The van der Waals surface area contributed by atoms with Gasteiger partial charge in [-0.2, -0.15) is 0 Å². The van der Waals surface area contributed by atoms with Crippen molar-refractivity contribution in [3.05, 3.63) is 69.2 Å². The Kier molecular flexibility index (Phi) is 5.35. The van der Waals surface area contributed by atoms with Crippen LogP contribution in [0.15, 0.2) is 48.1 Å². The number of thiocarbonyl (C=S) groups is 1. The summed E-state index contributed by atoms with van der Waals surface area (Å²) < 4.78 is 0. The molecule has 0 saturated heterocycles. The molecule has 22 heavy (non-hydrogen) atoms. The molecule has 0 unspecified atom stereocenters. The Bertz CT molecular complexity index is 758. The van der Waals surface area contributed by atoms with Crippen molar-refractivity contribution < 1.29 is 4.79 Å². The number of rotatable bonds is 5. The van der Waals surface area contributed by atoms with Crippen LogP contribution in [-0.2, 0) is 0 Å². The van der Waals surface area contributed by atoms with Gasteiger partial charge in [-0.05, 0) is 25.5 Å². The van der Waals surface area contributed by atoms with Gasteiger partial charge in [0.05, 0.1) is 10.6 Å². The van der Waals surface area contributed by atoms with Crippen LogP contribution in [0, 0.1) is 6.92 Å². The molecule has 5 heteroatoms. The zero-order valence-electron chi connectivity index (χ0n) is 12.4. The van der Waals surface area contributed by atoms with Gasteiger partial charge >= 0.3 is 0 Å². The van der Waals surface area contributed by atoms with E-state index in [0.717, 1.165) is 11.1 Å². The van der Waals surface area contributed by atoms with Gasteiger partial charge < -0.3 is 5.73 Å². The number of thiazole rings is 1. The molecule has 0 aliphatic rings. The van der Waals surface area contributed by atoms with E-state index in [2.05, 4.69) is 4.98 Å². The monoisotopic (exact) mass is 328 g/mol. The number of nitrogens with two attached hydrogens (primary N) is 1. The SMILES string of the molecule is CC(/C=C\C(=O)c1sc(C(N)=S)nc1C)=C/c1ccccc1. The Labute approximate surface area is 139 Å². The summed E-state index contributed by atoms with van der Waals surface area (Å²) >= 11 is 6.12. The van der Waals surface area contributed by atoms with E-state index in [1.807, 2.05) is 43.3 Å². The average molecular weight is 328 g/mol. The van der Waals surface area contributed by atoms with Crippen LogP contribution in [0.1, 0.15) is 32.9 Å². The number of aromatic nitrogens is 1. The van der Waals surface area contributed by atoms with Crippen LogP contribution in [0.2, 0.25) is 0 Å². The van der Waals surface area contributed by atoms with Crippen LogP contribution in [0.4, 0.5) is 0 Å². The van der Waals surface area contributed by atoms with Gasteiger partial charge in [0.2, 0.25) is 0 Å². The molecule has 0 spiro atoms. The Morgan fingerprint density at radius 1 is 1.27 bits per heavy atom. The number of benzene rings is 1. The van der Waals surface area contributed by atoms with Crippen LogP contribution >= 0.6 is 23.6 Å². The van der Waals surface area contributed by atoms with Crippen molar-refractivity contribution in [2.75, 3.05) is 0 Å². The summed E-state index contributed by atoms with van der Waals surface area (Å²) in [4.78, 5) is 17.2. The largest absolute Gasteiger partial charge is 0.387 e. The molecule has 0 atom stereocenters. The van der Waals surface area contributed by atoms with Crippen LogP contribution in [0.3, 0.4) is 0 Å². The lowest BCUT2D eigenvalue weighted by atomic mass is 10.1. The highest BCUT2D eigenvalue weighted by molar-refractivity contribution is 7.81. The zero-order valence-corrected chi connectivity index (χ0v) is 14.0. The molecule has 1 aromatic heterocycles. The molecule has 0 amide bonds. The van der Waals surface area contributed by atoms with Crippen molar-refractivity contribution in [1.82, 2.24) is 4.98 Å². The molecular weight excluding hydrogens is 312 g/mol. The van der Waals surface area contributed by atoms with E-state index in [-0.39, 0.29) is 10.8 Å². The molecule has 1 heterocycles. The molecule has 0 fully saturated rings. The maximum atomic E-state index is 12.2. The van der Waals surface area contributed by atoms with E-state index in [4.69, 9.17) is 18.0 Å². The van der Waals surface area contributed by atoms with Gasteiger partial charge in [0.15, 0.2) is 10.8 Å². The molecule has 3 nitrogen and oxygen atoms in total. The molecule has 2 N–H and O–H groups in total. The normalized spacial score (nSPS) is 11.8. The number of carbonyl (C=O) groups excluding carboxylic acids is 1. The summed E-state index contributed by atoms with van der Waals surface area (Å²) in [6.07, 6.45) is 5.37. The minimum absolute atomic E-state index is 0.0849. The maximum Gasteiger partial charge on any atom is 0.197 e. The molecule has 0 aliphatic carbocycles. The summed E-state index contributed by atoms with van der Waals surface area (Å²) in [5.41, 5.74) is 8.30. The topological polar surface area (TPSA) is 56.0 Å². The standard InChI is InChI=1S/C17H16N2OS2/c1-11(10-13-6-4-3-5-7-13)8-9-14(20)15-12(2)19-17(22-15)16(18)21/h3-10H,1-2H3,(H2,18,21)/b9-8-,11-10-. The van der Waals surface area contributed by atoms with Crippen LogP contribution < -0.4 is 5.73 Å². The fourth-order valence-electron chi connectivity index (χ4n) is 1.87. The van der Waals surface area contributed by atoms with Gasteiger partial charge in [0.1, 0.15) is 4.99 Å². The van der Waals surface area contributed by atoms with Crippen molar-refractivity contribution in [3.8, 4) is 0 Å². The molecule has 2 rings (SSSR count). The Balaban J connectivity index is 2.14. The van der Waals surface area contributed by atoms with Gasteiger partial charge in [0, 0.05) is 0 Å². The first-order valence-corrected chi connectivity index (χ1v) is 7.93. The lowest BCUT2D eigenvalue weighted by Crippen LogP contribution is -2.08. The van der Waals surface area contributed by atoms with Crippen molar-refractivity contribution >= 4 is 40.4 Å².